The van der Waals surface area contributed by atoms with Crippen LogP contribution in [0, 0.1) is 11.6 Å². The number of halogens is 2. The summed E-state index contributed by atoms with van der Waals surface area (Å²) in [4.78, 5) is 21.7. The fourth-order valence-corrected chi connectivity index (χ4v) is 6.29. The number of alkyl carbamates (subject to hydrolysis) is 1. The van der Waals surface area contributed by atoms with Crippen molar-refractivity contribution >= 4 is 25.2 Å². The number of nitrogens with zero attached hydrogens (tertiary/aromatic N) is 5. The first-order chi connectivity index (χ1) is 20.8. The van der Waals surface area contributed by atoms with Gasteiger partial charge in [0.05, 0.1) is 16.6 Å². The zero-order chi connectivity index (χ0) is 31.6. The fraction of sp³-hybridized carbons (Fsp3) is 0.500. The molecule has 4 aromatic rings. The zero-order valence-corrected chi connectivity index (χ0v) is 27.4. The Hall–Kier alpha value is -3.64. The molecule has 0 radical (unpaired) electrons. The van der Waals surface area contributed by atoms with Gasteiger partial charge in [-0.1, -0.05) is 31.8 Å². The first-order valence-electron chi connectivity index (χ1n) is 15.2. The van der Waals surface area contributed by atoms with Gasteiger partial charge in [0.2, 0.25) is 0 Å². The van der Waals surface area contributed by atoms with E-state index in [9.17, 15) is 4.79 Å². The molecule has 0 unspecified atom stereocenters. The Morgan fingerprint density at radius 2 is 1.86 bits per heavy atom. The van der Waals surface area contributed by atoms with Crippen molar-refractivity contribution in [1.29, 1.82) is 0 Å². The van der Waals surface area contributed by atoms with E-state index in [0.717, 1.165) is 18.9 Å². The molecule has 2 heterocycles. The van der Waals surface area contributed by atoms with E-state index >= 15 is 8.78 Å². The van der Waals surface area contributed by atoms with Crippen LogP contribution < -0.4 is 5.32 Å². The molecule has 236 valence electrons. The van der Waals surface area contributed by atoms with E-state index in [2.05, 4.69) is 35.0 Å². The van der Waals surface area contributed by atoms with Gasteiger partial charge >= 0.3 is 6.09 Å². The minimum absolute atomic E-state index is 0.195. The lowest BCUT2D eigenvalue weighted by atomic mass is 9.90. The second-order valence-electron chi connectivity index (χ2n) is 13.7. The van der Waals surface area contributed by atoms with Crippen molar-refractivity contribution in [2.75, 3.05) is 6.61 Å². The molecule has 2 atom stereocenters. The molecular formula is C32H42F2N6O3Si. The summed E-state index contributed by atoms with van der Waals surface area (Å²) in [6, 6.07) is 10.3. The highest BCUT2D eigenvalue weighted by Crippen LogP contribution is 2.39. The minimum Gasteiger partial charge on any atom is -0.444 e. The van der Waals surface area contributed by atoms with Gasteiger partial charge in [0, 0.05) is 26.8 Å². The molecule has 0 spiro atoms. The van der Waals surface area contributed by atoms with Crippen LogP contribution in [0.2, 0.25) is 25.7 Å². The normalized spacial score (nSPS) is 17.6. The molecule has 0 aliphatic heterocycles. The number of rotatable bonds is 9. The SMILES string of the molecule is CC(C)(C)OC(=O)N[C@H]1CCC[C@@H](n2c(-c3ccccc3F)nc3ccc(-c4ncn(COCC[Si](C)(C)C)n4)c(F)c32)C1. The van der Waals surface area contributed by atoms with Crippen molar-refractivity contribution in [2.45, 2.75) is 96.6 Å². The molecule has 1 aliphatic carbocycles. The van der Waals surface area contributed by atoms with Crippen LogP contribution in [0.3, 0.4) is 0 Å². The summed E-state index contributed by atoms with van der Waals surface area (Å²) in [7, 11) is -1.22. The Morgan fingerprint density at radius 1 is 1.09 bits per heavy atom. The first kappa shape index (κ1) is 31.8. The maximum atomic E-state index is 16.6. The lowest BCUT2D eigenvalue weighted by molar-refractivity contribution is 0.0486. The number of hydrogen-bond donors (Lipinski definition) is 1. The van der Waals surface area contributed by atoms with Crippen molar-refractivity contribution < 1.29 is 23.0 Å². The number of carbonyl (C=O) groups excluding carboxylic acids is 1. The third kappa shape index (κ3) is 7.52. The van der Waals surface area contributed by atoms with Gasteiger partial charge < -0.3 is 19.4 Å². The Morgan fingerprint density at radius 3 is 2.59 bits per heavy atom. The molecule has 44 heavy (non-hydrogen) atoms. The summed E-state index contributed by atoms with van der Waals surface area (Å²) in [5.41, 5.74) is 0.535. The fourth-order valence-electron chi connectivity index (χ4n) is 5.53. The summed E-state index contributed by atoms with van der Waals surface area (Å²) in [6.07, 6.45) is 3.80. The molecule has 1 N–H and O–H groups in total. The predicted molar refractivity (Wildman–Crippen MR) is 169 cm³/mol. The van der Waals surface area contributed by atoms with E-state index in [4.69, 9.17) is 14.5 Å². The third-order valence-corrected chi connectivity index (χ3v) is 9.34. The Kier molecular flexibility index (Phi) is 9.22. The Bertz CT molecular complexity index is 1620. The molecule has 12 heteroatoms. The maximum absolute atomic E-state index is 16.6. The van der Waals surface area contributed by atoms with E-state index in [1.54, 1.807) is 39.6 Å². The number of carbonyl (C=O) groups is 1. The number of benzene rings is 2. The van der Waals surface area contributed by atoms with Crippen molar-refractivity contribution in [2.24, 2.45) is 0 Å². The first-order valence-corrected chi connectivity index (χ1v) is 18.9. The highest BCUT2D eigenvalue weighted by Gasteiger charge is 2.31. The van der Waals surface area contributed by atoms with Crippen LogP contribution in [0.5, 0.6) is 0 Å². The maximum Gasteiger partial charge on any atom is 0.407 e. The number of imidazole rings is 1. The number of hydrogen-bond acceptors (Lipinski definition) is 6. The standard InChI is InChI=1S/C32H42F2N6O3Si/c1-32(2,3)43-31(41)36-21-10-9-11-22(18-21)40-28-26(37-30(40)23-12-7-8-13-25(23)33)15-14-24(27(28)34)29-35-19-39(38-29)20-42-16-17-44(4,5)6/h7-8,12-15,19,21-22H,9-11,16-18,20H2,1-6H3,(H,36,41)/t21-,22+/m0/s1. The monoisotopic (exact) mass is 624 g/mol. The Balaban J connectivity index is 1.49. The van der Waals surface area contributed by atoms with Crippen molar-refractivity contribution in [1.82, 2.24) is 29.6 Å². The minimum atomic E-state index is -1.22. The number of ether oxygens (including phenoxy) is 2. The highest BCUT2D eigenvalue weighted by molar-refractivity contribution is 6.76. The van der Waals surface area contributed by atoms with Crippen LogP contribution in [0.15, 0.2) is 42.7 Å². The smallest absolute Gasteiger partial charge is 0.407 e. The summed E-state index contributed by atoms with van der Waals surface area (Å²) in [6.45, 7) is 13.2. The highest BCUT2D eigenvalue weighted by atomic mass is 28.3. The summed E-state index contributed by atoms with van der Waals surface area (Å²) < 4.78 is 46.3. The molecule has 9 nitrogen and oxygen atoms in total. The average molecular weight is 625 g/mol. The summed E-state index contributed by atoms with van der Waals surface area (Å²) in [5.74, 6) is -0.409. The van der Waals surface area contributed by atoms with Gasteiger partial charge in [0.15, 0.2) is 11.6 Å². The van der Waals surface area contributed by atoms with Crippen LogP contribution in [0.1, 0.15) is 52.5 Å². The van der Waals surface area contributed by atoms with Crippen LogP contribution in [0.25, 0.3) is 33.8 Å². The second-order valence-corrected chi connectivity index (χ2v) is 19.3. The van der Waals surface area contributed by atoms with Gasteiger partial charge in [0.1, 0.15) is 35.8 Å². The Labute approximate surface area is 258 Å². The zero-order valence-electron chi connectivity index (χ0n) is 26.4. The average Bonchev–Trinajstić information content (AvgIpc) is 3.55. The van der Waals surface area contributed by atoms with E-state index in [1.165, 1.54) is 12.4 Å². The van der Waals surface area contributed by atoms with Crippen LogP contribution in [0.4, 0.5) is 13.6 Å². The van der Waals surface area contributed by atoms with Gasteiger partial charge in [-0.3, -0.25) is 0 Å². The van der Waals surface area contributed by atoms with E-state index < -0.39 is 31.4 Å². The van der Waals surface area contributed by atoms with Crippen LogP contribution in [-0.2, 0) is 16.2 Å². The summed E-state index contributed by atoms with van der Waals surface area (Å²) >= 11 is 0. The lowest BCUT2D eigenvalue weighted by Gasteiger charge is -2.32. The molecule has 1 saturated carbocycles. The van der Waals surface area contributed by atoms with E-state index in [1.807, 2.05) is 20.8 Å². The van der Waals surface area contributed by atoms with Crippen LogP contribution >= 0.6 is 0 Å². The van der Waals surface area contributed by atoms with Gasteiger partial charge in [-0.15, -0.1) is 5.10 Å². The van der Waals surface area contributed by atoms with Gasteiger partial charge in [0.25, 0.3) is 0 Å². The number of nitrogens with one attached hydrogen (secondary N) is 1. The molecular weight excluding hydrogens is 582 g/mol. The largest absolute Gasteiger partial charge is 0.444 e. The summed E-state index contributed by atoms with van der Waals surface area (Å²) in [5, 5.41) is 7.45. The van der Waals surface area contributed by atoms with Gasteiger partial charge in [-0.05, 0) is 76.8 Å². The quantitative estimate of drug-likeness (QED) is 0.153. The number of amides is 1. The topological polar surface area (TPSA) is 96.1 Å². The predicted octanol–water partition coefficient (Wildman–Crippen LogP) is 7.56. The lowest BCUT2D eigenvalue weighted by Crippen LogP contribution is -2.41. The van der Waals surface area contributed by atoms with Crippen LogP contribution in [-0.4, -0.2) is 56.7 Å². The van der Waals surface area contributed by atoms with Crippen molar-refractivity contribution in [3.05, 3.63) is 54.4 Å². The van der Waals surface area contributed by atoms with Crippen molar-refractivity contribution in [3.8, 4) is 22.8 Å². The molecule has 2 aromatic carbocycles. The van der Waals surface area contributed by atoms with E-state index in [-0.39, 0.29) is 41.3 Å². The molecule has 2 aromatic heterocycles. The molecule has 5 rings (SSSR count). The number of aromatic nitrogens is 5. The second kappa shape index (κ2) is 12.8. The molecule has 1 aliphatic rings. The van der Waals surface area contributed by atoms with Gasteiger partial charge in [-0.25, -0.2) is 28.2 Å². The third-order valence-electron chi connectivity index (χ3n) is 7.63. The van der Waals surface area contributed by atoms with E-state index in [0.29, 0.717) is 30.8 Å². The molecule has 1 amide bonds. The van der Waals surface area contributed by atoms with Crippen molar-refractivity contribution in [3.63, 3.8) is 0 Å². The molecule has 0 bridgehead atoms. The molecule has 0 saturated heterocycles. The number of fused-ring (bicyclic) bond motifs is 1. The molecule has 1 fully saturated rings. The van der Waals surface area contributed by atoms with Gasteiger partial charge in [-0.2, -0.15) is 0 Å².